The van der Waals surface area contributed by atoms with E-state index in [0.717, 1.165) is 0 Å². The Morgan fingerprint density at radius 1 is 1.11 bits per heavy atom. The first-order chi connectivity index (χ1) is 2.00. The van der Waals surface area contributed by atoms with E-state index in [9.17, 15) is 0 Å². The second-order valence-electron chi connectivity index (χ2n) is 0.447. The van der Waals surface area contributed by atoms with Crippen LogP contribution in [-0.4, -0.2) is 11.0 Å². The maximum absolute atomic E-state index is 8.55. The number of phosphoric acid groups is 1. The van der Waals surface area contributed by atoms with Crippen molar-refractivity contribution in [2.45, 2.75) is 0 Å². The molecule has 6 nitrogen and oxygen atoms in total. The zero-order valence-corrected chi connectivity index (χ0v) is 6.62. The van der Waals surface area contributed by atoms with Crippen LogP contribution in [0.3, 0.4) is 0 Å². The van der Waals surface area contributed by atoms with Crippen molar-refractivity contribution in [3.63, 3.8) is 0 Å². The average molecular weight is 249 g/mol. The Bertz CT molecular complexity index is 59.2. The van der Waals surface area contributed by atoms with Crippen molar-refractivity contribution >= 4 is 7.82 Å². The van der Waals surface area contributed by atoms with E-state index in [4.69, 9.17) is 19.2 Å². The van der Waals surface area contributed by atoms with Crippen LogP contribution in [0.15, 0.2) is 0 Å². The molecule has 0 spiro atoms. The van der Waals surface area contributed by atoms with E-state index >= 15 is 0 Å². The van der Waals surface area contributed by atoms with Crippen molar-refractivity contribution in [1.82, 2.24) is 0 Å². The third-order valence-electron chi connectivity index (χ3n) is 0. The van der Waals surface area contributed by atoms with Crippen molar-refractivity contribution in [2.75, 3.05) is 0 Å². The SMILES string of the molecule is O.O=P([O-])([O-])[O-].[Cu+2].[Fe+2].[OH-]. The fourth-order valence-corrected chi connectivity index (χ4v) is 0. The number of hydrogen-bond donors (Lipinski definition) is 0. The minimum atomic E-state index is -5.39. The largest absolute Gasteiger partial charge is 2.00 e. The molecule has 0 aliphatic heterocycles. The van der Waals surface area contributed by atoms with Gasteiger partial charge in [0.05, 0.1) is 0 Å². The molecule has 0 heterocycles. The normalized spacial score (nSPS) is 6.56. The molecule has 0 fully saturated rings. The molecule has 1 radical (unpaired) electrons. The topological polar surface area (TPSA) is 148 Å². The van der Waals surface area contributed by atoms with Crippen molar-refractivity contribution in [3.8, 4) is 0 Å². The molecule has 3 N–H and O–H groups in total. The summed E-state index contributed by atoms with van der Waals surface area (Å²) in [5.74, 6) is 0. The standard InChI is InChI=1S/Cu.Fe.H3O4P.2H2O/c;;1-5(2,3)4;;/h;;(H3,1,2,3,4);2*1H2/q2*+2;;;/p-4. The molecule has 0 amide bonds. The predicted molar refractivity (Wildman–Crippen MR) is 13.2 cm³/mol. The molecule has 63 valence electrons. The molecular formula is H3CuFeO6P. The molecule has 0 atom stereocenters. The van der Waals surface area contributed by atoms with E-state index in [-0.39, 0.29) is 45.1 Å². The van der Waals surface area contributed by atoms with Crippen molar-refractivity contribution < 1.29 is 64.3 Å². The molecule has 9 heteroatoms. The molecule has 0 rings (SSSR count). The number of rotatable bonds is 0. The maximum atomic E-state index is 8.55. The second-order valence-corrected chi connectivity index (χ2v) is 1.34. The first-order valence-corrected chi connectivity index (χ1v) is 2.19. The van der Waals surface area contributed by atoms with Gasteiger partial charge in [0.2, 0.25) is 0 Å². The Balaban J connectivity index is -0.0000000133. The van der Waals surface area contributed by atoms with Gasteiger partial charge in [0.25, 0.3) is 0 Å². The van der Waals surface area contributed by atoms with Crippen molar-refractivity contribution in [2.24, 2.45) is 0 Å². The van der Waals surface area contributed by atoms with Gasteiger partial charge in [0, 0.05) is 0 Å². The van der Waals surface area contributed by atoms with Gasteiger partial charge in [-0.2, -0.15) is 7.82 Å². The first kappa shape index (κ1) is 32.2. The Hall–Kier alpha value is 1.07. The summed E-state index contributed by atoms with van der Waals surface area (Å²) in [7, 11) is -5.39. The molecule has 0 saturated heterocycles. The van der Waals surface area contributed by atoms with Crippen LogP contribution in [0.25, 0.3) is 0 Å². The summed E-state index contributed by atoms with van der Waals surface area (Å²) < 4.78 is 8.55. The fourth-order valence-electron chi connectivity index (χ4n) is 0. The van der Waals surface area contributed by atoms with Crippen LogP contribution >= 0.6 is 7.82 Å². The molecule has 0 aliphatic rings. The van der Waals surface area contributed by atoms with Gasteiger partial charge in [0.1, 0.15) is 0 Å². The molecule has 0 aliphatic carbocycles. The summed E-state index contributed by atoms with van der Waals surface area (Å²) in [6.45, 7) is 0. The van der Waals surface area contributed by atoms with Gasteiger partial charge in [-0.05, 0) is 0 Å². The fraction of sp³-hybridized carbons (Fsp3) is 0. The van der Waals surface area contributed by atoms with Crippen LogP contribution in [0, 0.1) is 0 Å². The maximum Gasteiger partial charge on any atom is 2.00 e. The van der Waals surface area contributed by atoms with E-state index in [2.05, 4.69) is 0 Å². The number of hydrogen-bond acceptors (Lipinski definition) is 5. The Kier molecular flexibility index (Phi) is 42.3. The second kappa shape index (κ2) is 11.8. The smallest absolute Gasteiger partial charge is 0.870 e. The summed E-state index contributed by atoms with van der Waals surface area (Å²) in [5.41, 5.74) is 0. The van der Waals surface area contributed by atoms with E-state index in [0.29, 0.717) is 0 Å². The Morgan fingerprint density at radius 3 is 1.11 bits per heavy atom. The van der Waals surface area contributed by atoms with E-state index in [1.54, 1.807) is 0 Å². The summed E-state index contributed by atoms with van der Waals surface area (Å²) in [5, 5.41) is 0. The zero-order valence-electron chi connectivity index (χ0n) is 3.68. The molecule has 9 heavy (non-hydrogen) atoms. The zero-order chi connectivity index (χ0) is 4.50. The van der Waals surface area contributed by atoms with E-state index < -0.39 is 7.82 Å². The molecule has 0 aromatic carbocycles. The molecular weight excluding hydrogens is 246 g/mol. The van der Waals surface area contributed by atoms with Gasteiger partial charge in [-0.1, -0.05) is 0 Å². The third-order valence-corrected chi connectivity index (χ3v) is 0. The molecule has 0 saturated carbocycles. The Labute approximate surface area is 72.5 Å². The van der Waals surface area contributed by atoms with Crippen LogP contribution in [0.1, 0.15) is 0 Å². The molecule has 0 unspecified atom stereocenters. The van der Waals surface area contributed by atoms with Crippen LogP contribution in [0.2, 0.25) is 0 Å². The van der Waals surface area contributed by atoms with Crippen LogP contribution in [0.4, 0.5) is 0 Å². The van der Waals surface area contributed by atoms with Crippen molar-refractivity contribution in [1.29, 1.82) is 0 Å². The first-order valence-electron chi connectivity index (χ1n) is 0.730. The van der Waals surface area contributed by atoms with Crippen LogP contribution < -0.4 is 14.7 Å². The Morgan fingerprint density at radius 2 is 1.11 bits per heavy atom. The van der Waals surface area contributed by atoms with E-state index in [1.165, 1.54) is 0 Å². The van der Waals surface area contributed by atoms with Crippen LogP contribution in [-0.2, 0) is 38.7 Å². The molecule has 0 bridgehead atoms. The average Bonchev–Trinajstić information content (AvgIpc) is 0.722. The van der Waals surface area contributed by atoms with Crippen molar-refractivity contribution in [3.05, 3.63) is 0 Å². The summed E-state index contributed by atoms with van der Waals surface area (Å²) in [6, 6.07) is 0. The van der Waals surface area contributed by atoms with Crippen LogP contribution in [0.5, 0.6) is 0 Å². The summed E-state index contributed by atoms with van der Waals surface area (Å²) in [6.07, 6.45) is 0. The third kappa shape index (κ3) is 397. The summed E-state index contributed by atoms with van der Waals surface area (Å²) in [4.78, 5) is 25.6. The van der Waals surface area contributed by atoms with Gasteiger partial charge in [-0.15, -0.1) is 0 Å². The summed E-state index contributed by atoms with van der Waals surface area (Å²) >= 11 is 0. The minimum Gasteiger partial charge on any atom is -0.870 e. The van der Waals surface area contributed by atoms with Gasteiger partial charge in [-0.3, -0.25) is 0 Å². The quantitative estimate of drug-likeness (QED) is 0.318. The monoisotopic (exact) mass is 249 g/mol. The van der Waals surface area contributed by atoms with Gasteiger partial charge < -0.3 is 30.2 Å². The predicted octanol–water partition coefficient (Wildman–Crippen LogP) is -3.83. The van der Waals surface area contributed by atoms with Gasteiger partial charge >= 0.3 is 34.1 Å². The van der Waals surface area contributed by atoms with Gasteiger partial charge in [-0.25, -0.2) is 0 Å². The molecule has 0 aromatic rings. The van der Waals surface area contributed by atoms with E-state index in [1.807, 2.05) is 0 Å². The molecule has 0 aromatic heterocycles. The minimum absolute atomic E-state index is 0. The van der Waals surface area contributed by atoms with Gasteiger partial charge in [0.15, 0.2) is 0 Å².